The highest BCUT2D eigenvalue weighted by atomic mass is 19.1. The standard InChI is InChI=1S/C13H11FO4/c1-16-12-9(11-4-3-5-18-11)6-8(7-10(12)14)13(15)17-2/h3-7H,1-2H3. The van der Waals surface area contributed by atoms with Crippen molar-refractivity contribution >= 4 is 5.97 Å². The van der Waals surface area contributed by atoms with Crippen molar-refractivity contribution in [3.63, 3.8) is 0 Å². The highest BCUT2D eigenvalue weighted by Crippen LogP contribution is 2.34. The zero-order valence-electron chi connectivity index (χ0n) is 9.90. The number of carbonyl (C=O) groups excluding carboxylic acids is 1. The summed E-state index contributed by atoms with van der Waals surface area (Å²) < 4.78 is 28.6. The second-order valence-corrected chi connectivity index (χ2v) is 3.51. The van der Waals surface area contributed by atoms with Crippen LogP contribution in [0.3, 0.4) is 0 Å². The third-order valence-corrected chi connectivity index (χ3v) is 2.46. The van der Waals surface area contributed by atoms with Gasteiger partial charge in [0.2, 0.25) is 0 Å². The van der Waals surface area contributed by atoms with E-state index in [2.05, 4.69) is 4.74 Å². The predicted octanol–water partition coefficient (Wildman–Crippen LogP) is 2.88. The Bertz CT molecular complexity index is 561. The van der Waals surface area contributed by atoms with Gasteiger partial charge in [-0.15, -0.1) is 0 Å². The molecule has 0 spiro atoms. The van der Waals surface area contributed by atoms with Crippen molar-refractivity contribution in [1.29, 1.82) is 0 Å². The molecule has 0 aliphatic heterocycles. The van der Waals surface area contributed by atoms with Gasteiger partial charge in [-0.3, -0.25) is 0 Å². The van der Waals surface area contributed by atoms with Gasteiger partial charge < -0.3 is 13.9 Å². The van der Waals surface area contributed by atoms with E-state index in [0.717, 1.165) is 6.07 Å². The lowest BCUT2D eigenvalue weighted by Gasteiger charge is -2.09. The largest absolute Gasteiger partial charge is 0.493 e. The summed E-state index contributed by atoms with van der Waals surface area (Å²) in [4.78, 5) is 11.4. The van der Waals surface area contributed by atoms with E-state index in [-0.39, 0.29) is 11.3 Å². The van der Waals surface area contributed by atoms with Gasteiger partial charge in [-0.05, 0) is 24.3 Å². The summed E-state index contributed by atoms with van der Waals surface area (Å²) in [7, 11) is 2.58. The molecule has 0 fully saturated rings. The zero-order valence-corrected chi connectivity index (χ0v) is 9.90. The quantitative estimate of drug-likeness (QED) is 0.786. The minimum absolute atomic E-state index is 0.0256. The van der Waals surface area contributed by atoms with Crippen LogP contribution in [0.15, 0.2) is 34.9 Å². The Morgan fingerprint density at radius 2 is 2.11 bits per heavy atom. The maximum absolute atomic E-state index is 13.8. The first kappa shape index (κ1) is 12.2. The molecule has 18 heavy (non-hydrogen) atoms. The Kier molecular flexibility index (Phi) is 3.32. The van der Waals surface area contributed by atoms with Crippen LogP contribution in [0.4, 0.5) is 4.39 Å². The van der Waals surface area contributed by atoms with Crippen LogP contribution in [0, 0.1) is 5.82 Å². The van der Waals surface area contributed by atoms with Crippen LogP contribution in [0.2, 0.25) is 0 Å². The molecule has 0 radical (unpaired) electrons. The molecule has 0 unspecified atom stereocenters. The molecule has 0 aliphatic rings. The molecule has 5 heteroatoms. The zero-order chi connectivity index (χ0) is 13.1. The van der Waals surface area contributed by atoms with Crippen LogP contribution in [-0.4, -0.2) is 20.2 Å². The number of benzene rings is 1. The van der Waals surface area contributed by atoms with Gasteiger partial charge in [0.05, 0.1) is 31.6 Å². The summed E-state index contributed by atoms with van der Waals surface area (Å²) in [6.45, 7) is 0. The highest BCUT2D eigenvalue weighted by molar-refractivity contribution is 5.91. The number of halogens is 1. The average Bonchev–Trinajstić information content (AvgIpc) is 2.90. The molecule has 2 aromatic rings. The lowest BCUT2D eigenvalue weighted by atomic mass is 10.1. The summed E-state index contributed by atoms with van der Waals surface area (Å²) in [5.74, 6) is -0.828. The van der Waals surface area contributed by atoms with Crippen LogP contribution in [0.25, 0.3) is 11.3 Å². The first-order valence-corrected chi connectivity index (χ1v) is 5.17. The molecule has 0 bridgehead atoms. The fraction of sp³-hybridized carbons (Fsp3) is 0.154. The van der Waals surface area contributed by atoms with Crippen LogP contribution in [-0.2, 0) is 4.74 Å². The topological polar surface area (TPSA) is 48.7 Å². The third-order valence-electron chi connectivity index (χ3n) is 2.46. The first-order chi connectivity index (χ1) is 8.67. The fourth-order valence-electron chi connectivity index (χ4n) is 1.65. The number of methoxy groups -OCH3 is 2. The maximum Gasteiger partial charge on any atom is 0.337 e. The van der Waals surface area contributed by atoms with Crippen LogP contribution in [0.1, 0.15) is 10.4 Å². The monoisotopic (exact) mass is 250 g/mol. The molecule has 4 nitrogen and oxygen atoms in total. The SMILES string of the molecule is COC(=O)c1cc(F)c(OC)c(-c2ccco2)c1. The van der Waals surface area contributed by atoms with Gasteiger partial charge in [-0.1, -0.05) is 0 Å². The molecule has 1 aromatic heterocycles. The number of hydrogen-bond acceptors (Lipinski definition) is 4. The molecule has 0 aliphatic carbocycles. The van der Waals surface area contributed by atoms with E-state index >= 15 is 0 Å². The van der Waals surface area contributed by atoms with Gasteiger partial charge in [0, 0.05) is 0 Å². The van der Waals surface area contributed by atoms with Gasteiger partial charge in [-0.25, -0.2) is 9.18 Å². The van der Waals surface area contributed by atoms with E-state index in [4.69, 9.17) is 9.15 Å². The molecular weight excluding hydrogens is 239 g/mol. The highest BCUT2D eigenvalue weighted by Gasteiger charge is 2.18. The Morgan fingerprint density at radius 1 is 1.33 bits per heavy atom. The van der Waals surface area contributed by atoms with E-state index in [1.54, 1.807) is 12.1 Å². The van der Waals surface area contributed by atoms with Gasteiger partial charge >= 0.3 is 5.97 Å². The number of rotatable bonds is 3. The molecule has 2 rings (SSSR count). The van der Waals surface area contributed by atoms with Gasteiger partial charge in [-0.2, -0.15) is 0 Å². The molecule has 0 saturated heterocycles. The van der Waals surface area contributed by atoms with Crippen molar-refractivity contribution in [2.45, 2.75) is 0 Å². The lowest BCUT2D eigenvalue weighted by Crippen LogP contribution is -2.03. The number of ether oxygens (including phenoxy) is 2. The Balaban J connectivity index is 2.62. The Morgan fingerprint density at radius 3 is 2.67 bits per heavy atom. The molecule has 0 saturated carbocycles. The number of furan rings is 1. The normalized spacial score (nSPS) is 10.2. The summed E-state index contributed by atoms with van der Waals surface area (Å²) in [6.07, 6.45) is 1.46. The smallest absolute Gasteiger partial charge is 0.337 e. The number of esters is 1. The van der Waals surface area contributed by atoms with Crippen LogP contribution >= 0.6 is 0 Å². The molecule has 1 heterocycles. The summed E-state index contributed by atoms with van der Waals surface area (Å²) in [5, 5.41) is 0. The average molecular weight is 250 g/mol. The predicted molar refractivity (Wildman–Crippen MR) is 62.0 cm³/mol. The summed E-state index contributed by atoms with van der Waals surface area (Å²) in [5.41, 5.74) is 0.463. The Labute approximate surface area is 103 Å². The maximum atomic E-state index is 13.8. The van der Waals surface area contributed by atoms with Gasteiger partial charge in [0.15, 0.2) is 11.6 Å². The van der Waals surface area contributed by atoms with E-state index in [1.807, 2.05) is 0 Å². The van der Waals surface area contributed by atoms with Crippen molar-refractivity contribution < 1.29 is 23.1 Å². The lowest BCUT2D eigenvalue weighted by molar-refractivity contribution is 0.0600. The van der Waals surface area contributed by atoms with Crippen molar-refractivity contribution in [1.82, 2.24) is 0 Å². The van der Waals surface area contributed by atoms with Gasteiger partial charge in [0.25, 0.3) is 0 Å². The molecular formula is C13H11FO4. The molecule has 0 N–H and O–H groups in total. The number of carbonyl (C=O) groups is 1. The van der Waals surface area contributed by atoms with Crippen molar-refractivity contribution in [3.05, 3.63) is 41.9 Å². The first-order valence-electron chi connectivity index (χ1n) is 5.17. The van der Waals surface area contributed by atoms with E-state index in [9.17, 15) is 9.18 Å². The fourth-order valence-corrected chi connectivity index (χ4v) is 1.65. The van der Waals surface area contributed by atoms with Gasteiger partial charge in [0.1, 0.15) is 5.76 Å². The van der Waals surface area contributed by atoms with E-state index < -0.39 is 11.8 Å². The van der Waals surface area contributed by atoms with Crippen molar-refractivity contribution in [2.75, 3.05) is 14.2 Å². The minimum atomic E-state index is -0.646. The summed E-state index contributed by atoms with van der Waals surface area (Å²) in [6, 6.07) is 5.85. The molecule has 0 atom stereocenters. The summed E-state index contributed by atoms with van der Waals surface area (Å²) >= 11 is 0. The van der Waals surface area contributed by atoms with E-state index in [1.165, 1.54) is 26.5 Å². The molecule has 1 aromatic carbocycles. The second-order valence-electron chi connectivity index (χ2n) is 3.51. The van der Waals surface area contributed by atoms with E-state index in [0.29, 0.717) is 11.3 Å². The minimum Gasteiger partial charge on any atom is -0.493 e. The molecule has 0 amide bonds. The number of hydrogen-bond donors (Lipinski definition) is 0. The van der Waals surface area contributed by atoms with Crippen LogP contribution < -0.4 is 4.74 Å². The molecule has 94 valence electrons. The Hall–Kier alpha value is -2.30. The second kappa shape index (κ2) is 4.91. The third kappa shape index (κ3) is 2.07. The van der Waals surface area contributed by atoms with Crippen molar-refractivity contribution in [2.24, 2.45) is 0 Å². The van der Waals surface area contributed by atoms with Crippen molar-refractivity contribution in [3.8, 4) is 17.1 Å². The van der Waals surface area contributed by atoms with Crippen LogP contribution in [0.5, 0.6) is 5.75 Å².